The van der Waals surface area contributed by atoms with E-state index in [9.17, 15) is 5.11 Å². The van der Waals surface area contributed by atoms with Crippen LogP contribution in [0.5, 0.6) is 5.75 Å². The summed E-state index contributed by atoms with van der Waals surface area (Å²) in [6, 6.07) is 16.2. The number of phenolic OH excluding ortho intramolecular Hbond substituents is 1. The second kappa shape index (κ2) is 7.81. The van der Waals surface area contributed by atoms with E-state index >= 15 is 0 Å². The summed E-state index contributed by atoms with van der Waals surface area (Å²) in [6.07, 6.45) is 0.958. The van der Waals surface area contributed by atoms with Gasteiger partial charge in [0.25, 0.3) is 0 Å². The number of hydrogen-bond donors (Lipinski definition) is 2. The number of nitrogens with two attached hydrogens (primary N) is 1. The molecule has 0 saturated carbocycles. The van der Waals surface area contributed by atoms with Crippen molar-refractivity contribution < 1.29 is 5.11 Å². The minimum Gasteiger partial charge on any atom is -0.508 e. The average molecular weight is 284 g/mol. The van der Waals surface area contributed by atoms with Crippen molar-refractivity contribution in [2.75, 3.05) is 13.1 Å². The van der Waals surface area contributed by atoms with E-state index in [1.807, 2.05) is 19.1 Å². The summed E-state index contributed by atoms with van der Waals surface area (Å²) in [7, 11) is 0. The molecule has 0 radical (unpaired) electrons. The first-order chi connectivity index (χ1) is 10.2. The molecule has 0 heterocycles. The van der Waals surface area contributed by atoms with Crippen LogP contribution < -0.4 is 5.73 Å². The molecular formula is C18H24N2O. The summed E-state index contributed by atoms with van der Waals surface area (Å²) in [6.45, 7) is 5.27. The largest absolute Gasteiger partial charge is 0.508 e. The van der Waals surface area contributed by atoms with Crippen molar-refractivity contribution in [1.82, 2.24) is 4.90 Å². The van der Waals surface area contributed by atoms with E-state index in [1.54, 1.807) is 6.07 Å². The maximum atomic E-state index is 10.0. The van der Waals surface area contributed by atoms with Gasteiger partial charge >= 0.3 is 0 Å². The summed E-state index contributed by atoms with van der Waals surface area (Å²) in [4.78, 5) is 2.33. The van der Waals surface area contributed by atoms with Crippen LogP contribution in [0, 0.1) is 6.92 Å². The van der Waals surface area contributed by atoms with E-state index in [2.05, 4.69) is 35.2 Å². The zero-order valence-corrected chi connectivity index (χ0v) is 12.6. The van der Waals surface area contributed by atoms with Crippen LogP contribution in [0.3, 0.4) is 0 Å². The molecule has 0 bridgehead atoms. The first-order valence-electron chi connectivity index (χ1n) is 7.44. The lowest BCUT2D eigenvalue weighted by molar-refractivity contribution is 0.251. The summed E-state index contributed by atoms with van der Waals surface area (Å²) >= 11 is 0. The van der Waals surface area contributed by atoms with Gasteiger partial charge in [-0.15, -0.1) is 0 Å². The lowest BCUT2D eigenvalue weighted by Gasteiger charge is -2.23. The molecule has 0 saturated heterocycles. The molecule has 0 amide bonds. The Morgan fingerprint density at radius 1 is 1.05 bits per heavy atom. The van der Waals surface area contributed by atoms with Gasteiger partial charge in [0.15, 0.2) is 0 Å². The molecule has 2 aromatic rings. The van der Waals surface area contributed by atoms with E-state index in [-0.39, 0.29) is 0 Å². The molecule has 3 heteroatoms. The van der Waals surface area contributed by atoms with Gasteiger partial charge in [0.05, 0.1) is 0 Å². The maximum absolute atomic E-state index is 10.0. The minimum atomic E-state index is 0.367. The monoisotopic (exact) mass is 284 g/mol. The Labute approximate surface area is 127 Å². The third-order valence-corrected chi connectivity index (χ3v) is 3.56. The fourth-order valence-corrected chi connectivity index (χ4v) is 2.45. The van der Waals surface area contributed by atoms with Crippen LogP contribution in [0.25, 0.3) is 0 Å². The van der Waals surface area contributed by atoms with E-state index in [0.717, 1.165) is 31.6 Å². The standard InChI is InChI=1S/C18H24N2O/c1-15-8-9-18(21)17(12-15)14-20(11-5-10-19)13-16-6-3-2-4-7-16/h2-4,6-9,12,21H,5,10-11,13-14,19H2,1H3. The summed E-state index contributed by atoms with van der Waals surface area (Å²) in [5.74, 6) is 0.367. The highest BCUT2D eigenvalue weighted by atomic mass is 16.3. The number of aryl methyl sites for hydroxylation is 1. The molecule has 0 aliphatic carbocycles. The van der Waals surface area contributed by atoms with Crippen LogP contribution in [0.15, 0.2) is 48.5 Å². The highest BCUT2D eigenvalue weighted by Crippen LogP contribution is 2.21. The molecular weight excluding hydrogens is 260 g/mol. The number of aromatic hydroxyl groups is 1. The second-order valence-electron chi connectivity index (χ2n) is 5.47. The third-order valence-electron chi connectivity index (χ3n) is 3.56. The number of phenols is 1. The number of hydrogen-bond acceptors (Lipinski definition) is 3. The smallest absolute Gasteiger partial charge is 0.120 e. The van der Waals surface area contributed by atoms with Gasteiger partial charge in [-0.2, -0.15) is 0 Å². The third kappa shape index (κ3) is 4.88. The summed E-state index contributed by atoms with van der Waals surface area (Å²) < 4.78 is 0. The van der Waals surface area contributed by atoms with Gasteiger partial charge < -0.3 is 10.8 Å². The van der Waals surface area contributed by atoms with Gasteiger partial charge in [0, 0.05) is 25.2 Å². The van der Waals surface area contributed by atoms with Crippen molar-refractivity contribution in [3.8, 4) is 5.75 Å². The Kier molecular flexibility index (Phi) is 5.78. The van der Waals surface area contributed by atoms with Crippen LogP contribution >= 0.6 is 0 Å². The first-order valence-corrected chi connectivity index (χ1v) is 7.44. The quantitative estimate of drug-likeness (QED) is 0.821. The lowest BCUT2D eigenvalue weighted by Crippen LogP contribution is -2.25. The van der Waals surface area contributed by atoms with E-state index < -0.39 is 0 Å². The van der Waals surface area contributed by atoms with E-state index in [4.69, 9.17) is 5.73 Å². The Morgan fingerprint density at radius 2 is 1.81 bits per heavy atom. The van der Waals surface area contributed by atoms with Gasteiger partial charge in [-0.1, -0.05) is 48.0 Å². The van der Waals surface area contributed by atoms with Crippen LogP contribution in [-0.2, 0) is 13.1 Å². The molecule has 0 atom stereocenters. The van der Waals surface area contributed by atoms with Gasteiger partial charge in [0.1, 0.15) is 5.75 Å². The lowest BCUT2D eigenvalue weighted by atomic mass is 10.1. The molecule has 3 nitrogen and oxygen atoms in total. The second-order valence-corrected chi connectivity index (χ2v) is 5.47. The zero-order valence-electron chi connectivity index (χ0n) is 12.6. The average Bonchev–Trinajstić information content (AvgIpc) is 2.49. The molecule has 0 unspecified atom stereocenters. The van der Waals surface area contributed by atoms with Gasteiger partial charge in [-0.25, -0.2) is 0 Å². The van der Waals surface area contributed by atoms with Gasteiger partial charge in [-0.05, 0) is 31.5 Å². The highest BCUT2D eigenvalue weighted by molar-refractivity contribution is 5.35. The van der Waals surface area contributed by atoms with Crippen LogP contribution in [0.4, 0.5) is 0 Å². The fraction of sp³-hybridized carbons (Fsp3) is 0.333. The molecule has 0 aliphatic heterocycles. The van der Waals surface area contributed by atoms with Crippen molar-refractivity contribution in [1.29, 1.82) is 0 Å². The Hall–Kier alpha value is -1.84. The van der Waals surface area contributed by atoms with E-state index in [0.29, 0.717) is 12.3 Å². The maximum Gasteiger partial charge on any atom is 0.120 e. The fourth-order valence-electron chi connectivity index (χ4n) is 2.45. The molecule has 0 aliphatic rings. The zero-order chi connectivity index (χ0) is 15.1. The van der Waals surface area contributed by atoms with Crippen molar-refractivity contribution >= 4 is 0 Å². The predicted molar refractivity (Wildman–Crippen MR) is 87.1 cm³/mol. The van der Waals surface area contributed by atoms with Crippen molar-refractivity contribution in [3.63, 3.8) is 0 Å². The van der Waals surface area contributed by atoms with Crippen LogP contribution in [0.2, 0.25) is 0 Å². The normalized spacial score (nSPS) is 11.0. The molecule has 0 spiro atoms. The number of nitrogens with zero attached hydrogens (tertiary/aromatic N) is 1. The molecule has 2 rings (SSSR count). The Morgan fingerprint density at radius 3 is 2.52 bits per heavy atom. The van der Waals surface area contributed by atoms with Crippen LogP contribution in [-0.4, -0.2) is 23.1 Å². The highest BCUT2D eigenvalue weighted by Gasteiger charge is 2.10. The van der Waals surface area contributed by atoms with E-state index in [1.165, 1.54) is 11.1 Å². The molecule has 2 aromatic carbocycles. The number of benzene rings is 2. The SMILES string of the molecule is Cc1ccc(O)c(CN(CCCN)Cc2ccccc2)c1. The predicted octanol–water partition coefficient (Wildman–Crippen LogP) is 3.05. The molecule has 0 fully saturated rings. The van der Waals surface area contributed by atoms with Crippen molar-refractivity contribution in [2.24, 2.45) is 5.73 Å². The summed E-state index contributed by atoms with van der Waals surface area (Å²) in [5, 5.41) is 10.0. The van der Waals surface area contributed by atoms with Crippen LogP contribution in [0.1, 0.15) is 23.1 Å². The van der Waals surface area contributed by atoms with Gasteiger partial charge in [0.2, 0.25) is 0 Å². The molecule has 3 N–H and O–H groups in total. The first kappa shape index (κ1) is 15.5. The Balaban J connectivity index is 2.10. The topological polar surface area (TPSA) is 49.5 Å². The summed E-state index contributed by atoms with van der Waals surface area (Å²) in [5.41, 5.74) is 9.06. The van der Waals surface area contributed by atoms with Crippen molar-refractivity contribution in [3.05, 3.63) is 65.2 Å². The number of rotatable bonds is 7. The minimum absolute atomic E-state index is 0.367. The molecule has 0 aromatic heterocycles. The molecule has 112 valence electrons. The van der Waals surface area contributed by atoms with Gasteiger partial charge in [-0.3, -0.25) is 4.90 Å². The Bertz CT molecular complexity index is 554. The molecule has 21 heavy (non-hydrogen) atoms. The van der Waals surface area contributed by atoms with Crippen molar-refractivity contribution in [2.45, 2.75) is 26.4 Å².